The first-order valence-corrected chi connectivity index (χ1v) is 53.7. The predicted molar refractivity (Wildman–Crippen MR) is 591 cm³/mol. The maximum absolute atomic E-state index is 13.6. The molecule has 5 aliphatic rings. The summed E-state index contributed by atoms with van der Waals surface area (Å²) in [5, 5.41) is 181. The highest BCUT2D eigenvalue weighted by atomic mass is 32.1. The first-order valence-electron chi connectivity index (χ1n) is 48.4. The van der Waals surface area contributed by atoms with Gasteiger partial charge in [0.05, 0.1) is 119 Å². The molecule has 6 atom stereocenters. The molecule has 21 rings (SSSR count). The smallest absolute Gasteiger partial charge is 0.197 e. The Morgan fingerprint density at radius 1 is 0.470 bits per heavy atom. The van der Waals surface area contributed by atoms with E-state index in [1.54, 1.807) is 78.8 Å². The molecule has 6 aromatic carbocycles. The second-order valence-electron chi connectivity index (χ2n) is 38.2. The summed E-state index contributed by atoms with van der Waals surface area (Å²) in [6.45, 7) is 27.9. The Balaban J connectivity index is 0.000000128. The van der Waals surface area contributed by atoms with Gasteiger partial charge < -0.3 is 115 Å². The minimum Gasteiger partial charge on any atom is -0.515 e. The predicted octanol–water partition coefficient (Wildman–Crippen LogP) is 25.5. The highest BCUT2D eigenvalue weighted by Gasteiger charge is 2.52. The molecule has 149 heavy (non-hydrogen) atoms. The van der Waals surface area contributed by atoms with Gasteiger partial charge in [-0.2, -0.15) is 0 Å². The van der Waals surface area contributed by atoms with Crippen LogP contribution in [0.25, 0.3) is 68.8 Å². The largest absolute Gasteiger partial charge is 0.515 e. The van der Waals surface area contributed by atoms with Crippen LogP contribution >= 0.6 is 68.0 Å². The summed E-state index contributed by atoms with van der Waals surface area (Å²) >= 11 is 9.37. The number of Topliss-reactive ketones (excluding diaryl/α,β-unsaturated/α-hetero) is 5. The van der Waals surface area contributed by atoms with E-state index >= 15 is 0 Å². The van der Waals surface area contributed by atoms with E-state index in [0.29, 0.717) is 28.8 Å². The van der Waals surface area contributed by atoms with E-state index in [1.165, 1.54) is 46.9 Å². The number of unbranched alkanes of at least 4 members (excludes halogenated alkanes) is 2. The molecule has 0 fully saturated rings. The topological polar surface area (TPSA) is 449 Å². The van der Waals surface area contributed by atoms with Crippen molar-refractivity contribution in [3.63, 3.8) is 0 Å². The molecule has 17 N–H and O–H groups in total. The van der Waals surface area contributed by atoms with Crippen molar-refractivity contribution in [1.29, 1.82) is 0 Å². The first kappa shape index (κ1) is 105. The SMILES string of the molecule is C=C(CC(O)/C(=C/O)C1=C(O)C(N(c2cccs2)c2cccs2)C1=O)N(CC(C)C)CC(C)C.CCCCCc1cc(O)c(C2=C(O)C(c3[nH]c(C)c(CC)c3C)C2=O)c(O)c1.Cc1cc(O)c(C2=C(O)C(c3cc(C)n(C)c3C)C2=O)c(O)c1.O=C1C(c2c(O)cc(-n3c4ccsc4c4sccc43)cc2O)=C(O)C1N(c1ccccc1)c1ccccc1.O=C1C(c2c(O)cc(O)cc2O)=C(O)C1n1c2ccsc2c2sccc21. The van der Waals surface area contributed by atoms with Gasteiger partial charge >= 0.3 is 0 Å². The minimum absolute atomic E-state index is 0.000318. The van der Waals surface area contributed by atoms with Gasteiger partial charge in [0.2, 0.25) is 0 Å². The van der Waals surface area contributed by atoms with Crippen LogP contribution in [0.15, 0.2) is 255 Å². The molecule has 16 aromatic rings. The molecule has 770 valence electrons. The Bertz CT molecular complexity index is 7890. The number of hydrogen-bond donors (Lipinski definition) is 17. The number of phenolic OH excluding ortho intramolecular Hbond substituents is 9. The van der Waals surface area contributed by atoms with Crippen molar-refractivity contribution >= 4 is 181 Å². The van der Waals surface area contributed by atoms with Crippen LogP contribution in [0, 0.1) is 46.5 Å². The van der Waals surface area contributed by atoms with Crippen LogP contribution in [0.1, 0.15) is 158 Å². The second-order valence-corrected chi connectivity index (χ2v) is 43.7. The van der Waals surface area contributed by atoms with Gasteiger partial charge in [-0.1, -0.05) is 97.4 Å². The Morgan fingerprint density at radius 3 is 1.33 bits per heavy atom. The molecule has 0 spiro atoms. The Labute approximate surface area is 881 Å². The number of para-hydroxylation sites is 2. The lowest BCUT2D eigenvalue weighted by atomic mass is 9.74. The van der Waals surface area contributed by atoms with Gasteiger partial charge in [-0.15, -0.1) is 68.0 Å². The quantitative estimate of drug-likeness (QED) is 0.0160. The van der Waals surface area contributed by atoms with Crippen LogP contribution in [0.5, 0.6) is 51.7 Å². The summed E-state index contributed by atoms with van der Waals surface area (Å²) in [4.78, 5) is 74.1. The van der Waals surface area contributed by atoms with E-state index in [0.717, 1.165) is 171 Å². The van der Waals surface area contributed by atoms with Gasteiger partial charge in [-0.05, 0) is 229 Å². The second kappa shape index (κ2) is 42.8. The number of phenols is 9. The molecular formula is C115H113N7O21S6. The van der Waals surface area contributed by atoms with Crippen LogP contribution in [-0.4, -0.2) is 165 Å². The number of nitrogens with one attached hydrogen (secondary N) is 1. The van der Waals surface area contributed by atoms with Gasteiger partial charge in [0.15, 0.2) is 47.0 Å². The number of aliphatic hydroxyl groups excluding tert-OH is 7. The van der Waals surface area contributed by atoms with Crippen LogP contribution < -0.4 is 9.80 Å². The summed E-state index contributed by atoms with van der Waals surface area (Å²) in [6.07, 6.45) is 4.43. The fourth-order valence-electron chi connectivity index (χ4n) is 20.4. The molecule has 28 nitrogen and oxygen atoms in total. The summed E-state index contributed by atoms with van der Waals surface area (Å²) in [7, 11) is 1.90. The van der Waals surface area contributed by atoms with E-state index in [2.05, 4.69) is 58.0 Å². The maximum atomic E-state index is 13.6. The molecule has 10 heterocycles. The number of anilines is 4. The van der Waals surface area contributed by atoms with Crippen molar-refractivity contribution < 1.29 is 106 Å². The third kappa shape index (κ3) is 19.1. The van der Waals surface area contributed by atoms with Crippen LogP contribution in [0.3, 0.4) is 0 Å². The zero-order valence-electron chi connectivity index (χ0n) is 83.4. The molecule has 0 saturated carbocycles. The number of thiophene rings is 6. The molecule has 0 radical (unpaired) electrons. The molecule has 6 unspecified atom stereocenters. The van der Waals surface area contributed by atoms with Gasteiger partial charge in [0.1, 0.15) is 92.4 Å². The number of aromatic amines is 1. The van der Waals surface area contributed by atoms with E-state index < -0.39 is 59.1 Å². The maximum Gasteiger partial charge on any atom is 0.197 e. The number of aromatic hydroxyl groups is 9. The Hall–Kier alpha value is -15.4. The van der Waals surface area contributed by atoms with Gasteiger partial charge in [-0.3, -0.25) is 24.0 Å². The standard InChI is InChI=1S/C30H20N2O4S2.C26H34N2O4S2.C23H29NO4.C18H11NO5S2.C18H19NO4/c33-22-15-19(32-20-11-13-37-29(20)30-21(32)12-14-38-30)16-23(34)24(22)25-27(35)26(28(25)36)31(17-7-3-1-4-8-17)18-9-5-2-6-10-18;1-16(2)13-27(14-17(3)4)18(5)12-20(30)19(15-29)23-25(31)24(26(23)32)28(21-8-6-10-33-21)22-9-7-11-34-22;1-5-7-8-9-14-10-16(25)18(17(26)11-14)19-22(27)20(23(19)28)21-12(3)15(6-2)13(4)24-21;20-7-5-10(21)12(11(22)6-7)13-15(23)14(16(13)24)19-8-1-3-25-17(8)18-9(19)2-4-26-18;1-8-5-12(20)15(13(21)6-8)16-17(22)14(18(16)23)11-7-9(2)19(4)10(11)3/h1-16,26,33-35H;6-11,15-17,20,24,29-31H,5,12-14H2,1-4H3;10-11,20,24-27H,5-9H2,1-4H3;1-6,14,20-23H;5-7,14,20-22H,1-4H3/b;19-15-;;;. The number of aromatic nitrogens is 4. The summed E-state index contributed by atoms with van der Waals surface area (Å²) in [5.74, 6) is -5.80. The average molecular weight is 2120 g/mol. The molecule has 0 aliphatic heterocycles. The average Bonchev–Trinajstić information content (AvgIpc) is 1.65. The van der Waals surface area contributed by atoms with Crippen molar-refractivity contribution in [2.75, 3.05) is 22.9 Å². The minimum atomic E-state index is -1.17. The molecule has 0 amide bonds. The molecular weight excluding hydrogens is 2010 g/mol. The molecule has 34 heteroatoms. The van der Waals surface area contributed by atoms with Gasteiger partial charge in [0, 0.05) is 96.2 Å². The molecule has 10 aromatic heterocycles. The van der Waals surface area contributed by atoms with Crippen LogP contribution in [0.4, 0.5) is 21.4 Å². The summed E-state index contributed by atoms with van der Waals surface area (Å²) < 4.78 is 10.1. The number of aliphatic hydroxyl groups is 7. The number of fused-ring (bicyclic) bond motifs is 6. The monoisotopic (exact) mass is 2120 g/mol. The number of allylic oxidation sites excluding steroid dienone is 6. The van der Waals surface area contributed by atoms with E-state index in [1.807, 2.05) is 191 Å². The van der Waals surface area contributed by atoms with Crippen molar-refractivity contribution in [2.24, 2.45) is 18.9 Å². The van der Waals surface area contributed by atoms with Crippen molar-refractivity contribution in [1.82, 2.24) is 23.6 Å². The van der Waals surface area contributed by atoms with E-state index in [4.69, 9.17) is 0 Å². The zero-order valence-corrected chi connectivity index (χ0v) is 88.3. The third-order valence-electron chi connectivity index (χ3n) is 27.5. The number of benzene rings is 6. The van der Waals surface area contributed by atoms with Gasteiger partial charge in [0.25, 0.3) is 0 Å². The normalized spacial score (nSPS) is 16.7. The number of aryl methyl sites for hydroxylation is 4. The molecule has 5 aliphatic carbocycles. The number of rotatable bonds is 28. The van der Waals surface area contributed by atoms with E-state index in [-0.39, 0.29) is 149 Å². The number of hydrogen-bond acceptors (Lipinski definition) is 30. The van der Waals surface area contributed by atoms with Gasteiger partial charge in [-0.25, -0.2) is 0 Å². The lowest BCUT2D eigenvalue weighted by Crippen LogP contribution is -2.49. The van der Waals surface area contributed by atoms with E-state index in [9.17, 15) is 106 Å². The van der Waals surface area contributed by atoms with Crippen molar-refractivity contribution in [3.8, 4) is 57.4 Å². The highest BCUT2D eigenvalue weighted by Crippen LogP contribution is 2.56. The number of nitrogens with zero attached hydrogens (tertiary/aromatic N) is 6. The lowest BCUT2D eigenvalue weighted by Gasteiger charge is -2.38. The van der Waals surface area contributed by atoms with Crippen LogP contribution in [-0.2, 0) is 43.9 Å². The summed E-state index contributed by atoms with van der Waals surface area (Å²) in [5.41, 5.74) is 14.0. The highest BCUT2D eigenvalue weighted by molar-refractivity contribution is 7.26. The lowest BCUT2D eigenvalue weighted by molar-refractivity contribution is -0.119. The van der Waals surface area contributed by atoms with Crippen molar-refractivity contribution in [2.45, 2.75) is 151 Å². The number of carbonyl (C=O) groups excluding carboxylic acids is 5. The number of ketones is 5. The van der Waals surface area contributed by atoms with Crippen molar-refractivity contribution in [3.05, 3.63) is 327 Å². The van der Waals surface area contributed by atoms with Crippen LogP contribution in [0.2, 0.25) is 0 Å². The Morgan fingerprint density at radius 2 is 0.913 bits per heavy atom. The first-order chi connectivity index (χ1) is 71.2. The zero-order chi connectivity index (χ0) is 107. The fourth-order valence-corrected chi connectivity index (χ4v) is 25.9. The molecule has 0 saturated heterocycles. The fraction of sp³-hybridized carbons (Fsp3) is 0.243. The Kier molecular flexibility index (Phi) is 30.1. The number of H-pyrrole nitrogens is 1. The third-order valence-corrected chi connectivity index (χ3v) is 33.2. The summed E-state index contributed by atoms with van der Waals surface area (Å²) in [6, 6.07) is 44.3. The number of carbonyl (C=O) groups is 5. The molecule has 0 bridgehead atoms.